The van der Waals surface area contributed by atoms with Crippen LogP contribution in [0.3, 0.4) is 0 Å². The van der Waals surface area contributed by atoms with Gasteiger partial charge in [0.25, 0.3) is 0 Å². The summed E-state index contributed by atoms with van der Waals surface area (Å²) in [5.74, 6) is -1.52. The number of ketones is 1. The Hall–Kier alpha value is -2.83. The number of fused-ring (bicyclic) bond motifs is 1. The fourth-order valence-corrected chi connectivity index (χ4v) is 2.89. The van der Waals surface area contributed by atoms with Gasteiger partial charge in [0.15, 0.2) is 17.3 Å². The van der Waals surface area contributed by atoms with Crippen molar-refractivity contribution < 1.29 is 33.3 Å². The van der Waals surface area contributed by atoms with E-state index < -0.39 is 11.9 Å². The van der Waals surface area contributed by atoms with Crippen molar-refractivity contribution in [2.45, 2.75) is 46.0 Å². The van der Waals surface area contributed by atoms with E-state index in [2.05, 4.69) is 12.2 Å². The first kappa shape index (κ1) is 21.5. The largest absolute Gasteiger partial charge is 0.496 e. The van der Waals surface area contributed by atoms with Gasteiger partial charge in [-0.15, -0.1) is 0 Å². The lowest BCUT2D eigenvalue weighted by atomic mass is 10.0. The zero-order chi connectivity index (χ0) is 20.5. The molecule has 1 aliphatic heterocycles. The van der Waals surface area contributed by atoms with Crippen LogP contribution in [0.1, 0.15) is 66.7 Å². The quantitative estimate of drug-likeness (QED) is 0.335. The fourth-order valence-electron chi connectivity index (χ4n) is 2.89. The third kappa shape index (κ3) is 5.58. The summed E-state index contributed by atoms with van der Waals surface area (Å²) in [6.07, 6.45) is 8.20. The molecule has 0 aromatic heterocycles. The summed E-state index contributed by atoms with van der Waals surface area (Å²) < 4.78 is 21.7. The summed E-state index contributed by atoms with van der Waals surface area (Å²) in [5.41, 5.74) is 0.0474. The molecule has 1 aromatic carbocycles. The van der Waals surface area contributed by atoms with Crippen molar-refractivity contribution in [2.75, 3.05) is 20.3 Å². The second kappa shape index (κ2) is 10.5. The van der Waals surface area contributed by atoms with Crippen molar-refractivity contribution in [1.29, 1.82) is 0 Å². The van der Waals surface area contributed by atoms with Gasteiger partial charge in [-0.1, -0.05) is 12.2 Å². The van der Waals surface area contributed by atoms with E-state index in [1.165, 1.54) is 27.0 Å². The molecule has 7 nitrogen and oxygen atoms in total. The maximum Gasteiger partial charge on any atom is 0.345 e. The van der Waals surface area contributed by atoms with Crippen LogP contribution in [-0.4, -0.2) is 38.0 Å². The first-order valence-corrected chi connectivity index (χ1v) is 9.35. The van der Waals surface area contributed by atoms with E-state index in [-0.39, 0.29) is 40.8 Å². The number of esters is 2. The molecule has 0 radical (unpaired) electrons. The van der Waals surface area contributed by atoms with Crippen molar-refractivity contribution in [3.8, 4) is 17.2 Å². The molecule has 7 heteroatoms. The SMILES string of the molecule is COc1cc(OC(C)=O)c2c(c1C(C)=O)OCCCCC=CCCCOC2=O. The Labute approximate surface area is 164 Å². The highest BCUT2D eigenvalue weighted by atomic mass is 16.6. The van der Waals surface area contributed by atoms with Crippen LogP contribution in [0.4, 0.5) is 0 Å². The number of benzene rings is 1. The lowest BCUT2D eigenvalue weighted by Crippen LogP contribution is -2.16. The monoisotopic (exact) mass is 390 g/mol. The first-order chi connectivity index (χ1) is 13.5. The van der Waals surface area contributed by atoms with Gasteiger partial charge in [-0.05, 0) is 39.0 Å². The second-order valence-corrected chi connectivity index (χ2v) is 6.40. The minimum Gasteiger partial charge on any atom is -0.496 e. The molecule has 28 heavy (non-hydrogen) atoms. The summed E-state index contributed by atoms with van der Waals surface area (Å²) in [7, 11) is 1.39. The molecule has 0 amide bonds. The van der Waals surface area contributed by atoms with Gasteiger partial charge in [0.05, 0.1) is 20.3 Å². The number of carbonyl (C=O) groups excluding carboxylic acids is 3. The van der Waals surface area contributed by atoms with Crippen LogP contribution < -0.4 is 14.2 Å². The minimum atomic E-state index is -0.711. The second-order valence-electron chi connectivity index (χ2n) is 6.40. The summed E-state index contributed by atoms with van der Waals surface area (Å²) in [6.45, 7) is 3.07. The molecule has 0 aliphatic carbocycles. The van der Waals surface area contributed by atoms with E-state index in [9.17, 15) is 14.4 Å². The van der Waals surface area contributed by atoms with Crippen LogP contribution in [-0.2, 0) is 9.53 Å². The number of cyclic esters (lactones) is 1. The highest BCUT2D eigenvalue weighted by Crippen LogP contribution is 2.40. The molecule has 0 fully saturated rings. The van der Waals surface area contributed by atoms with E-state index in [4.69, 9.17) is 18.9 Å². The van der Waals surface area contributed by atoms with Crippen LogP contribution in [0.5, 0.6) is 17.2 Å². The van der Waals surface area contributed by atoms with Crippen molar-refractivity contribution in [1.82, 2.24) is 0 Å². The molecule has 0 atom stereocenters. The Kier molecular flexibility index (Phi) is 8.04. The number of Topliss-reactive ketones (excluding diaryl/α,β-unsaturated/α-hetero) is 1. The fraction of sp³-hybridized carbons (Fsp3) is 0.476. The molecule has 2 rings (SSSR count). The summed E-state index contributed by atoms with van der Waals surface area (Å²) in [6, 6.07) is 1.34. The third-order valence-electron chi connectivity index (χ3n) is 4.17. The molecule has 0 saturated heterocycles. The number of methoxy groups -OCH3 is 1. The highest BCUT2D eigenvalue weighted by Gasteiger charge is 2.30. The smallest absolute Gasteiger partial charge is 0.345 e. The molecule has 0 N–H and O–H groups in total. The summed E-state index contributed by atoms with van der Waals surface area (Å²) in [4.78, 5) is 36.6. The topological polar surface area (TPSA) is 88.1 Å². The Morgan fingerprint density at radius 2 is 1.64 bits per heavy atom. The molecule has 1 aliphatic rings. The van der Waals surface area contributed by atoms with Gasteiger partial charge in [0.2, 0.25) is 0 Å². The normalized spacial score (nSPS) is 15.5. The predicted octanol–water partition coefficient (Wildman–Crippen LogP) is 3.88. The maximum atomic E-state index is 12.8. The van der Waals surface area contributed by atoms with Crippen LogP contribution in [0, 0.1) is 0 Å². The van der Waals surface area contributed by atoms with Gasteiger partial charge < -0.3 is 18.9 Å². The minimum absolute atomic E-state index is 0.0284. The number of hydrogen-bond acceptors (Lipinski definition) is 7. The highest BCUT2D eigenvalue weighted by molar-refractivity contribution is 6.06. The van der Waals surface area contributed by atoms with Crippen LogP contribution in [0.25, 0.3) is 0 Å². The molecule has 1 heterocycles. The van der Waals surface area contributed by atoms with Gasteiger partial charge in [0.1, 0.15) is 16.9 Å². The Bertz CT molecular complexity index is 765. The van der Waals surface area contributed by atoms with E-state index in [1.807, 2.05) is 0 Å². The lowest BCUT2D eigenvalue weighted by Gasteiger charge is -2.19. The van der Waals surface area contributed by atoms with Gasteiger partial charge in [-0.25, -0.2) is 4.79 Å². The molecular formula is C21H26O7. The van der Waals surface area contributed by atoms with Crippen molar-refractivity contribution >= 4 is 17.7 Å². The van der Waals surface area contributed by atoms with Gasteiger partial charge in [-0.3, -0.25) is 9.59 Å². The van der Waals surface area contributed by atoms with Crippen LogP contribution in [0.15, 0.2) is 18.2 Å². The third-order valence-corrected chi connectivity index (χ3v) is 4.17. The summed E-state index contributed by atoms with van der Waals surface area (Å²) >= 11 is 0. The molecule has 1 aromatic rings. The van der Waals surface area contributed by atoms with Gasteiger partial charge >= 0.3 is 11.9 Å². The summed E-state index contributed by atoms with van der Waals surface area (Å²) in [5, 5.41) is 0. The molecule has 0 saturated carbocycles. The lowest BCUT2D eigenvalue weighted by molar-refractivity contribution is -0.131. The van der Waals surface area contributed by atoms with Gasteiger partial charge in [0, 0.05) is 13.0 Å². The van der Waals surface area contributed by atoms with Crippen LogP contribution >= 0.6 is 0 Å². The van der Waals surface area contributed by atoms with E-state index in [1.54, 1.807) is 0 Å². The number of ether oxygens (including phenoxy) is 4. The molecule has 0 bridgehead atoms. The number of carbonyl (C=O) groups is 3. The number of allylic oxidation sites excluding steroid dienone is 2. The standard InChI is InChI=1S/C21H26O7/c1-14(22)18-16(25-3)13-17(28-15(2)23)19-20(18)26-11-9-7-5-4-6-8-10-12-27-21(19)24/h4,6,13H,5,7-12H2,1-3H3. The van der Waals surface area contributed by atoms with Crippen molar-refractivity contribution in [3.05, 3.63) is 29.3 Å². The van der Waals surface area contributed by atoms with Crippen molar-refractivity contribution in [3.63, 3.8) is 0 Å². The molecule has 0 spiro atoms. The Morgan fingerprint density at radius 3 is 2.29 bits per heavy atom. The predicted molar refractivity (Wildman–Crippen MR) is 102 cm³/mol. The van der Waals surface area contributed by atoms with Crippen molar-refractivity contribution in [2.24, 2.45) is 0 Å². The van der Waals surface area contributed by atoms with E-state index >= 15 is 0 Å². The number of hydrogen-bond donors (Lipinski definition) is 0. The Balaban J connectivity index is 2.58. The average Bonchev–Trinajstić information content (AvgIpc) is 2.64. The average molecular weight is 390 g/mol. The molecular weight excluding hydrogens is 364 g/mol. The van der Waals surface area contributed by atoms with E-state index in [0.29, 0.717) is 13.0 Å². The zero-order valence-corrected chi connectivity index (χ0v) is 16.5. The molecule has 0 unspecified atom stereocenters. The zero-order valence-electron chi connectivity index (χ0n) is 16.5. The first-order valence-electron chi connectivity index (χ1n) is 9.35. The van der Waals surface area contributed by atoms with Gasteiger partial charge in [-0.2, -0.15) is 0 Å². The van der Waals surface area contributed by atoms with Crippen LogP contribution in [0.2, 0.25) is 0 Å². The number of rotatable bonds is 3. The molecule has 152 valence electrons. The Morgan fingerprint density at radius 1 is 0.964 bits per heavy atom. The maximum absolute atomic E-state index is 12.8. The van der Waals surface area contributed by atoms with E-state index in [0.717, 1.165) is 25.7 Å².